The minimum Gasteiger partial charge on any atom is -0.396 e. The van der Waals surface area contributed by atoms with E-state index >= 15 is 0 Å². The number of nitrogens with one attached hydrogen (secondary N) is 1. The Labute approximate surface area is 110 Å². The summed E-state index contributed by atoms with van der Waals surface area (Å²) in [5.74, 6) is 1.27. The molecular weight excluding hydrogens is 222 g/mol. The number of hydrogen-bond acceptors (Lipinski definition) is 2. The Morgan fingerprint density at radius 3 is 2.61 bits per heavy atom. The SMILES string of the molecule is CC(CO)CCCNC(c1ccccc1)C1CC1. The van der Waals surface area contributed by atoms with Gasteiger partial charge in [0.1, 0.15) is 0 Å². The summed E-state index contributed by atoms with van der Waals surface area (Å²) in [6, 6.07) is 11.3. The van der Waals surface area contributed by atoms with Crippen molar-refractivity contribution in [3.8, 4) is 0 Å². The van der Waals surface area contributed by atoms with E-state index in [1.165, 1.54) is 18.4 Å². The Hall–Kier alpha value is -0.860. The molecule has 0 saturated heterocycles. The molecule has 1 aromatic rings. The van der Waals surface area contributed by atoms with Gasteiger partial charge in [-0.25, -0.2) is 0 Å². The van der Waals surface area contributed by atoms with Crippen LogP contribution >= 0.6 is 0 Å². The zero-order valence-corrected chi connectivity index (χ0v) is 11.3. The topological polar surface area (TPSA) is 32.3 Å². The Morgan fingerprint density at radius 1 is 1.28 bits per heavy atom. The van der Waals surface area contributed by atoms with Crippen LogP contribution in [0, 0.1) is 11.8 Å². The number of hydrogen-bond donors (Lipinski definition) is 2. The maximum Gasteiger partial charge on any atom is 0.0456 e. The minimum absolute atomic E-state index is 0.310. The quantitative estimate of drug-likeness (QED) is 0.692. The Kier molecular flexibility index (Phi) is 5.21. The van der Waals surface area contributed by atoms with E-state index in [0.717, 1.165) is 25.3 Å². The van der Waals surface area contributed by atoms with Gasteiger partial charge in [-0.1, -0.05) is 37.3 Å². The van der Waals surface area contributed by atoms with Gasteiger partial charge >= 0.3 is 0 Å². The summed E-state index contributed by atoms with van der Waals surface area (Å²) in [6.45, 7) is 3.47. The van der Waals surface area contributed by atoms with Crippen LogP contribution in [0.1, 0.15) is 44.2 Å². The van der Waals surface area contributed by atoms with Crippen molar-refractivity contribution in [2.45, 2.75) is 38.6 Å². The number of benzene rings is 1. The van der Waals surface area contributed by atoms with E-state index in [1.54, 1.807) is 0 Å². The summed E-state index contributed by atoms with van der Waals surface area (Å²) < 4.78 is 0. The lowest BCUT2D eigenvalue weighted by molar-refractivity contribution is 0.227. The largest absolute Gasteiger partial charge is 0.396 e. The van der Waals surface area contributed by atoms with Crippen LogP contribution in [-0.4, -0.2) is 18.3 Å². The van der Waals surface area contributed by atoms with E-state index in [2.05, 4.69) is 42.6 Å². The molecule has 2 unspecified atom stereocenters. The molecule has 18 heavy (non-hydrogen) atoms. The summed E-state index contributed by atoms with van der Waals surface area (Å²) in [5, 5.41) is 12.7. The van der Waals surface area contributed by atoms with Crippen LogP contribution in [0.15, 0.2) is 30.3 Å². The van der Waals surface area contributed by atoms with Gasteiger partial charge in [-0.05, 0) is 49.6 Å². The fraction of sp³-hybridized carbons (Fsp3) is 0.625. The molecule has 0 amide bonds. The third-order valence-electron chi connectivity index (χ3n) is 3.80. The fourth-order valence-corrected chi connectivity index (χ4v) is 2.45. The average molecular weight is 247 g/mol. The van der Waals surface area contributed by atoms with Crippen molar-refractivity contribution in [1.29, 1.82) is 0 Å². The predicted octanol–water partition coefficient (Wildman–Crippen LogP) is 3.14. The minimum atomic E-state index is 0.310. The normalized spacial score (nSPS) is 18.6. The third kappa shape index (κ3) is 4.11. The Balaban J connectivity index is 1.77. The number of rotatable bonds is 8. The van der Waals surface area contributed by atoms with Crippen molar-refractivity contribution in [1.82, 2.24) is 5.32 Å². The van der Waals surface area contributed by atoms with Crippen molar-refractivity contribution < 1.29 is 5.11 Å². The first-order valence-electron chi connectivity index (χ1n) is 7.20. The molecule has 0 aromatic heterocycles. The van der Waals surface area contributed by atoms with Crippen LogP contribution in [0.5, 0.6) is 0 Å². The van der Waals surface area contributed by atoms with Crippen molar-refractivity contribution in [2.24, 2.45) is 11.8 Å². The molecule has 1 aromatic carbocycles. The van der Waals surface area contributed by atoms with Gasteiger partial charge in [0.2, 0.25) is 0 Å². The van der Waals surface area contributed by atoms with Crippen LogP contribution in [0.2, 0.25) is 0 Å². The van der Waals surface area contributed by atoms with Crippen LogP contribution in [0.3, 0.4) is 0 Å². The van der Waals surface area contributed by atoms with Gasteiger partial charge < -0.3 is 10.4 Å². The van der Waals surface area contributed by atoms with Crippen LogP contribution in [-0.2, 0) is 0 Å². The van der Waals surface area contributed by atoms with Crippen molar-refractivity contribution in [3.63, 3.8) is 0 Å². The highest BCUT2D eigenvalue weighted by Crippen LogP contribution is 2.40. The smallest absolute Gasteiger partial charge is 0.0456 e. The lowest BCUT2D eigenvalue weighted by Gasteiger charge is -2.19. The average Bonchev–Trinajstić information content (AvgIpc) is 3.24. The number of aliphatic hydroxyl groups excluding tert-OH is 1. The molecule has 1 aliphatic rings. The summed E-state index contributed by atoms with van der Waals surface area (Å²) in [6.07, 6.45) is 4.98. The van der Waals surface area contributed by atoms with Gasteiger partial charge in [-0.2, -0.15) is 0 Å². The van der Waals surface area contributed by atoms with Gasteiger partial charge in [-0.15, -0.1) is 0 Å². The second-order valence-electron chi connectivity index (χ2n) is 5.61. The molecule has 2 rings (SSSR count). The lowest BCUT2D eigenvalue weighted by Crippen LogP contribution is -2.24. The molecular formula is C16H25NO. The second-order valence-corrected chi connectivity index (χ2v) is 5.61. The molecule has 1 aliphatic carbocycles. The van der Waals surface area contributed by atoms with Gasteiger partial charge in [0.15, 0.2) is 0 Å². The molecule has 0 heterocycles. The van der Waals surface area contributed by atoms with Crippen LogP contribution in [0.25, 0.3) is 0 Å². The molecule has 0 radical (unpaired) electrons. The summed E-state index contributed by atoms with van der Waals surface area (Å²) in [4.78, 5) is 0. The molecule has 2 heteroatoms. The van der Waals surface area contributed by atoms with E-state index in [1.807, 2.05) is 0 Å². The monoisotopic (exact) mass is 247 g/mol. The van der Waals surface area contributed by atoms with Crippen LogP contribution < -0.4 is 5.32 Å². The summed E-state index contributed by atoms with van der Waals surface area (Å²) in [7, 11) is 0. The number of aliphatic hydroxyl groups is 1. The van der Waals surface area contributed by atoms with E-state index in [0.29, 0.717) is 18.6 Å². The van der Waals surface area contributed by atoms with Crippen molar-refractivity contribution >= 4 is 0 Å². The highest BCUT2D eigenvalue weighted by Gasteiger charge is 2.31. The third-order valence-corrected chi connectivity index (χ3v) is 3.80. The van der Waals surface area contributed by atoms with Gasteiger partial charge in [0.05, 0.1) is 0 Å². The zero-order valence-electron chi connectivity index (χ0n) is 11.3. The van der Waals surface area contributed by atoms with Crippen molar-refractivity contribution in [2.75, 3.05) is 13.2 Å². The molecule has 0 spiro atoms. The first-order valence-corrected chi connectivity index (χ1v) is 7.20. The van der Waals surface area contributed by atoms with E-state index < -0.39 is 0 Å². The fourth-order valence-electron chi connectivity index (χ4n) is 2.45. The van der Waals surface area contributed by atoms with E-state index in [4.69, 9.17) is 5.11 Å². The molecule has 0 bridgehead atoms. The van der Waals surface area contributed by atoms with E-state index in [-0.39, 0.29) is 0 Å². The first-order chi connectivity index (χ1) is 8.81. The second kappa shape index (κ2) is 6.91. The van der Waals surface area contributed by atoms with Gasteiger partial charge in [-0.3, -0.25) is 0 Å². The first kappa shape index (κ1) is 13.6. The maximum absolute atomic E-state index is 9.00. The Morgan fingerprint density at radius 2 is 2.00 bits per heavy atom. The van der Waals surface area contributed by atoms with E-state index in [9.17, 15) is 0 Å². The van der Waals surface area contributed by atoms with Crippen LogP contribution in [0.4, 0.5) is 0 Å². The highest BCUT2D eigenvalue weighted by molar-refractivity contribution is 5.21. The molecule has 2 N–H and O–H groups in total. The molecule has 2 nitrogen and oxygen atoms in total. The zero-order chi connectivity index (χ0) is 12.8. The Bertz CT molecular complexity index is 334. The van der Waals surface area contributed by atoms with Gasteiger partial charge in [0.25, 0.3) is 0 Å². The molecule has 1 fully saturated rings. The lowest BCUT2D eigenvalue weighted by atomic mass is 10.0. The molecule has 0 aliphatic heterocycles. The molecule has 100 valence electrons. The van der Waals surface area contributed by atoms with Gasteiger partial charge in [0, 0.05) is 12.6 Å². The maximum atomic E-state index is 9.00. The standard InChI is InChI=1S/C16H25NO/c1-13(12-18)6-5-11-17-16(15-9-10-15)14-7-3-2-4-8-14/h2-4,7-8,13,15-18H,5-6,9-12H2,1H3. The van der Waals surface area contributed by atoms with Crippen molar-refractivity contribution in [3.05, 3.63) is 35.9 Å². The predicted molar refractivity (Wildman–Crippen MR) is 75.4 cm³/mol. The summed E-state index contributed by atoms with van der Waals surface area (Å²) in [5.41, 5.74) is 1.43. The highest BCUT2D eigenvalue weighted by atomic mass is 16.3. The molecule has 1 saturated carbocycles. The summed E-state index contributed by atoms with van der Waals surface area (Å²) >= 11 is 0. The molecule has 2 atom stereocenters.